The minimum Gasteiger partial charge on any atom is -0.496 e. The summed E-state index contributed by atoms with van der Waals surface area (Å²) in [6.07, 6.45) is -0.824. The lowest BCUT2D eigenvalue weighted by molar-refractivity contribution is 0.208. The molecule has 0 spiro atoms. The van der Waals surface area contributed by atoms with Crippen molar-refractivity contribution >= 4 is 15.9 Å². The first kappa shape index (κ1) is 14.9. The Kier molecular flexibility index (Phi) is 4.68. The van der Waals surface area contributed by atoms with Crippen molar-refractivity contribution in [2.75, 3.05) is 14.2 Å². The second kappa shape index (κ2) is 6.29. The Bertz CT molecular complexity index is 588. The molecule has 0 aliphatic carbocycles. The van der Waals surface area contributed by atoms with Crippen LogP contribution in [0.2, 0.25) is 0 Å². The van der Waals surface area contributed by atoms with Gasteiger partial charge in [-0.3, -0.25) is 0 Å². The van der Waals surface area contributed by atoms with E-state index in [1.54, 1.807) is 14.2 Å². The van der Waals surface area contributed by atoms with Crippen LogP contribution in [0.25, 0.3) is 0 Å². The second-order valence-corrected chi connectivity index (χ2v) is 5.36. The standard InChI is InChI=1S/C16H17BrO3/c1-10-7-8-12(17)11(9-10)16(18)15-13(19-2)5-4-6-14(15)20-3/h4-9,16,18H,1-3H3. The zero-order chi connectivity index (χ0) is 14.7. The first-order valence-corrected chi connectivity index (χ1v) is 7.02. The number of hydrogen-bond acceptors (Lipinski definition) is 3. The molecule has 1 unspecified atom stereocenters. The number of methoxy groups -OCH3 is 2. The van der Waals surface area contributed by atoms with Gasteiger partial charge in [0.1, 0.15) is 17.6 Å². The quantitative estimate of drug-likeness (QED) is 0.921. The maximum atomic E-state index is 10.7. The summed E-state index contributed by atoms with van der Waals surface area (Å²) in [5.41, 5.74) is 2.49. The number of aryl methyl sites for hydroxylation is 1. The molecule has 1 N–H and O–H groups in total. The zero-order valence-electron chi connectivity index (χ0n) is 11.7. The Morgan fingerprint density at radius 3 is 2.20 bits per heavy atom. The van der Waals surface area contributed by atoms with E-state index < -0.39 is 6.10 Å². The summed E-state index contributed by atoms with van der Waals surface area (Å²) in [5.74, 6) is 1.20. The minimum absolute atomic E-state index is 0.602. The monoisotopic (exact) mass is 336 g/mol. The van der Waals surface area contributed by atoms with Crippen LogP contribution in [0.4, 0.5) is 0 Å². The molecular weight excluding hydrogens is 320 g/mol. The second-order valence-electron chi connectivity index (χ2n) is 4.50. The fraction of sp³-hybridized carbons (Fsp3) is 0.250. The average molecular weight is 337 g/mol. The van der Waals surface area contributed by atoms with E-state index in [4.69, 9.17) is 9.47 Å². The van der Waals surface area contributed by atoms with Gasteiger partial charge in [0.25, 0.3) is 0 Å². The predicted octanol–water partition coefficient (Wildman–Crippen LogP) is 3.86. The summed E-state index contributed by atoms with van der Waals surface area (Å²) in [6, 6.07) is 11.3. The summed E-state index contributed by atoms with van der Waals surface area (Å²) >= 11 is 3.48. The highest BCUT2D eigenvalue weighted by atomic mass is 79.9. The number of aliphatic hydroxyl groups is 1. The van der Waals surface area contributed by atoms with Crippen LogP contribution < -0.4 is 9.47 Å². The molecule has 0 radical (unpaired) electrons. The molecule has 0 bridgehead atoms. The van der Waals surface area contributed by atoms with Gasteiger partial charge in [0.05, 0.1) is 19.8 Å². The molecule has 0 saturated carbocycles. The fourth-order valence-electron chi connectivity index (χ4n) is 2.18. The van der Waals surface area contributed by atoms with Gasteiger partial charge >= 0.3 is 0 Å². The molecule has 1 atom stereocenters. The van der Waals surface area contributed by atoms with Gasteiger partial charge in [-0.25, -0.2) is 0 Å². The van der Waals surface area contributed by atoms with Crippen LogP contribution in [0.3, 0.4) is 0 Å². The lowest BCUT2D eigenvalue weighted by Crippen LogP contribution is -2.06. The van der Waals surface area contributed by atoms with Crippen LogP contribution in [0.5, 0.6) is 11.5 Å². The molecule has 0 amide bonds. The molecule has 4 heteroatoms. The van der Waals surface area contributed by atoms with Gasteiger partial charge in [0, 0.05) is 4.47 Å². The molecule has 0 aromatic heterocycles. The first-order valence-electron chi connectivity index (χ1n) is 6.23. The summed E-state index contributed by atoms with van der Waals surface area (Å²) in [7, 11) is 3.16. The van der Waals surface area contributed by atoms with Crippen molar-refractivity contribution in [3.8, 4) is 11.5 Å². The smallest absolute Gasteiger partial charge is 0.128 e. The number of rotatable bonds is 4. The third kappa shape index (κ3) is 2.81. The number of aliphatic hydroxyl groups excluding tert-OH is 1. The van der Waals surface area contributed by atoms with Crippen molar-refractivity contribution in [1.82, 2.24) is 0 Å². The molecule has 0 aliphatic heterocycles. The van der Waals surface area contributed by atoms with Crippen LogP contribution >= 0.6 is 15.9 Å². The maximum absolute atomic E-state index is 10.7. The van der Waals surface area contributed by atoms with Crippen LogP contribution in [-0.4, -0.2) is 19.3 Å². The van der Waals surface area contributed by atoms with Gasteiger partial charge in [-0.1, -0.05) is 39.7 Å². The molecule has 106 valence electrons. The van der Waals surface area contributed by atoms with Crippen LogP contribution in [0, 0.1) is 6.92 Å². The average Bonchev–Trinajstić information content (AvgIpc) is 2.48. The van der Waals surface area contributed by atoms with Crippen molar-refractivity contribution in [3.63, 3.8) is 0 Å². The SMILES string of the molecule is COc1cccc(OC)c1C(O)c1cc(C)ccc1Br. The summed E-state index contributed by atoms with van der Waals surface area (Å²) < 4.78 is 11.5. The van der Waals surface area contributed by atoms with Crippen LogP contribution in [0.1, 0.15) is 22.8 Å². The van der Waals surface area contributed by atoms with Gasteiger partial charge < -0.3 is 14.6 Å². The van der Waals surface area contributed by atoms with E-state index in [0.717, 1.165) is 15.6 Å². The molecule has 2 rings (SSSR count). The number of hydrogen-bond donors (Lipinski definition) is 1. The van der Waals surface area contributed by atoms with E-state index in [-0.39, 0.29) is 0 Å². The molecule has 0 fully saturated rings. The van der Waals surface area contributed by atoms with E-state index in [1.165, 1.54) is 0 Å². The molecule has 0 saturated heterocycles. The van der Waals surface area contributed by atoms with Gasteiger partial charge in [0.15, 0.2) is 0 Å². The Balaban J connectivity index is 2.58. The molecule has 3 nitrogen and oxygen atoms in total. The lowest BCUT2D eigenvalue weighted by atomic mass is 9.98. The summed E-state index contributed by atoms with van der Waals surface area (Å²) in [4.78, 5) is 0. The molecule has 20 heavy (non-hydrogen) atoms. The number of halogens is 1. The van der Waals surface area contributed by atoms with Crippen LogP contribution in [-0.2, 0) is 0 Å². The minimum atomic E-state index is -0.824. The van der Waals surface area contributed by atoms with Crippen LogP contribution in [0.15, 0.2) is 40.9 Å². The highest BCUT2D eigenvalue weighted by Gasteiger charge is 2.22. The highest BCUT2D eigenvalue weighted by Crippen LogP contribution is 2.39. The van der Waals surface area contributed by atoms with Crippen molar-refractivity contribution in [3.05, 3.63) is 57.6 Å². The van der Waals surface area contributed by atoms with Crippen molar-refractivity contribution < 1.29 is 14.6 Å². The molecule has 0 heterocycles. The molecule has 2 aromatic rings. The third-order valence-corrected chi connectivity index (χ3v) is 3.91. The Labute approximate surface area is 127 Å². The number of ether oxygens (including phenoxy) is 2. The molecule has 0 aliphatic rings. The summed E-state index contributed by atoms with van der Waals surface area (Å²) in [6.45, 7) is 1.99. The zero-order valence-corrected chi connectivity index (χ0v) is 13.3. The van der Waals surface area contributed by atoms with Gasteiger partial charge in [0.2, 0.25) is 0 Å². The van der Waals surface area contributed by atoms with Crippen molar-refractivity contribution in [2.45, 2.75) is 13.0 Å². The van der Waals surface area contributed by atoms with Gasteiger partial charge in [-0.05, 0) is 30.7 Å². The fourth-order valence-corrected chi connectivity index (χ4v) is 2.64. The number of benzene rings is 2. The predicted molar refractivity (Wildman–Crippen MR) is 82.5 cm³/mol. The third-order valence-electron chi connectivity index (χ3n) is 3.19. The van der Waals surface area contributed by atoms with E-state index >= 15 is 0 Å². The highest BCUT2D eigenvalue weighted by molar-refractivity contribution is 9.10. The van der Waals surface area contributed by atoms with Crippen molar-refractivity contribution in [2.24, 2.45) is 0 Å². The van der Waals surface area contributed by atoms with Gasteiger partial charge in [-0.15, -0.1) is 0 Å². The van der Waals surface area contributed by atoms with E-state index in [2.05, 4.69) is 15.9 Å². The Hall–Kier alpha value is -1.52. The normalized spacial score (nSPS) is 12.1. The van der Waals surface area contributed by atoms with Crippen molar-refractivity contribution in [1.29, 1.82) is 0 Å². The summed E-state index contributed by atoms with van der Waals surface area (Å²) in [5, 5.41) is 10.7. The first-order chi connectivity index (χ1) is 9.58. The molecule has 2 aromatic carbocycles. The van der Waals surface area contributed by atoms with Gasteiger partial charge in [-0.2, -0.15) is 0 Å². The Morgan fingerprint density at radius 1 is 1.05 bits per heavy atom. The topological polar surface area (TPSA) is 38.7 Å². The lowest BCUT2D eigenvalue weighted by Gasteiger charge is -2.19. The van der Waals surface area contributed by atoms with E-state index in [1.807, 2.05) is 43.3 Å². The molecular formula is C16H17BrO3. The largest absolute Gasteiger partial charge is 0.496 e. The van der Waals surface area contributed by atoms with E-state index in [9.17, 15) is 5.11 Å². The maximum Gasteiger partial charge on any atom is 0.128 e. The van der Waals surface area contributed by atoms with E-state index in [0.29, 0.717) is 17.1 Å². The Morgan fingerprint density at radius 2 is 1.65 bits per heavy atom.